The molecule has 20 heavy (non-hydrogen) atoms. The van der Waals surface area contributed by atoms with E-state index in [4.69, 9.17) is 14.5 Å². The van der Waals surface area contributed by atoms with Crippen molar-refractivity contribution in [3.63, 3.8) is 0 Å². The maximum Gasteiger partial charge on any atom is 0.201 e. The zero-order valence-electron chi connectivity index (χ0n) is 11.8. The summed E-state index contributed by atoms with van der Waals surface area (Å²) in [5, 5.41) is 0. The summed E-state index contributed by atoms with van der Waals surface area (Å²) in [6.45, 7) is 2.57. The molecule has 110 valence electrons. The zero-order chi connectivity index (χ0) is 14.0. The van der Waals surface area contributed by atoms with Gasteiger partial charge in [0.2, 0.25) is 5.79 Å². The van der Waals surface area contributed by atoms with Gasteiger partial charge >= 0.3 is 0 Å². The van der Waals surface area contributed by atoms with Gasteiger partial charge in [-0.3, -0.25) is 0 Å². The average Bonchev–Trinajstić information content (AvgIpc) is 2.49. The van der Waals surface area contributed by atoms with Crippen molar-refractivity contribution in [2.24, 2.45) is 0 Å². The third-order valence-electron chi connectivity index (χ3n) is 4.40. The molecule has 3 nitrogen and oxygen atoms in total. The molecular formula is C16H21FO3. The number of benzene rings is 1. The van der Waals surface area contributed by atoms with Crippen LogP contribution in [-0.2, 0) is 14.5 Å². The van der Waals surface area contributed by atoms with Crippen LogP contribution in [0.15, 0.2) is 24.3 Å². The van der Waals surface area contributed by atoms with E-state index in [1.165, 1.54) is 18.6 Å². The maximum absolute atomic E-state index is 13.0. The van der Waals surface area contributed by atoms with Crippen LogP contribution in [0, 0.1) is 5.82 Å². The van der Waals surface area contributed by atoms with E-state index in [1.807, 2.05) is 6.92 Å². The second-order valence-corrected chi connectivity index (χ2v) is 5.84. The van der Waals surface area contributed by atoms with Crippen LogP contribution in [0.3, 0.4) is 0 Å². The number of ether oxygens (including phenoxy) is 1. The molecular weight excluding hydrogens is 259 g/mol. The Morgan fingerprint density at radius 2 is 1.85 bits per heavy atom. The molecule has 0 amide bonds. The predicted octanol–water partition coefficient (Wildman–Crippen LogP) is 3.94. The summed E-state index contributed by atoms with van der Waals surface area (Å²) in [7, 11) is 0. The molecule has 1 aliphatic carbocycles. The smallest absolute Gasteiger partial charge is 0.201 e. The summed E-state index contributed by atoms with van der Waals surface area (Å²) in [6.07, 6.45) is 5.16. The minimum atomic E-state index is -0.517. The van der Waals surface area contributed by atoms with E-state index in [1.54, 1.807) is 12.1 Å². The number of halogens is 1. The largest absolute Gasteiger partial charge is 0.344 e. The van der Waals surface area contributed by atoms with Crippen molar-refractivity contribution >= 4 is 0 Å². The van der Waals surface area contributed by atoms with E-state index in [2.05, 4.69) is 0 Å². The third-order valence-corrected chi connectivity index (χ3v) is 4.40. The number of rotatable bonds is 2. The summed E-state index contributed by atoms with van der Waals surface area (Å²) >= 11 is 0. The first-order valence-electron chi connectivity index (χ1n) is 7.42. The number of hydrogen-bond acceptors (Lipinski definition) is 3. The van der Waals surface area contributed by atoms with E-state index in [-0.39, 0.29) is 17.8 Å². The lowest BCUT2D eigenvalue weighted by Gasteiger charge is -2.42. The van der Waals surface area contributed by atoms with Gasteiger partial charge in [-0.25, -0.2) is 14.2 Å². The highest BCUT2D eigenvalue weighted by Crippen LogP contribution is 2.38. The standard InChI is InChI=1S/C16H21FO3/c1-12(13-5-7-14(17)8-6-13)15-11-18-16(20-19-15)9-3-2-4-10-16/h5-8,12,15H,2-4,9-11H2,1H3. The van der Waals surface area contributed by atoms with E-state index in [0.717, 1.165) is 31.2 Å². The Morgan fingerprint density at radius 3 is 2.45 bits per heavy atom. The first-order chi connectivity index (χ1) is 9.69. The van der Waals surface area contributed by atoms with Gasteiger partial charge in [-0.15, -0.1) is 0 Å². The lowest BCUT2D eigenvalue weighted by molar-refractivity contribution is -0.493. The molecule has 2 unspecified atom stereocenters. The van der Waals surface area contributed by atoms with Crippen molar-refractivity contribution in [1.82, 2.24) is 0 Å². The van der Waals surface area contributed by atoms with Crippen LogP contribution >= 0.6 is 0 Å². The van der Waals surface area contributed by atoms with Gasteiger partial charge in [-0.1, -0.05) is 25.5 Å². The van der Waals surface area contributed by atoms with E-state index < -0.39 is 5.79 Å². The SMILES string of the molecule is CC(c1ccc(F)cc1)C1COC2(CCCCC2)OO1. The van der Waals surface area contributed by atoms with Crippen molar-refractivity contribution in [1.29, 1.82) is 0 Å². The molecule has 1 saturated heterocycles. The molecule has 0 N–H and O–H groups in total. The fraction of sp³-hybridized carbons (Fsp3) is 0.625. The molecule has 1 spiro atoms. The zero-order valence-corrected chi connectivity index (χ0v) is 11.8. The maximum atomic E-state index is 13.0. The van der Waals surface area contributed by atoms with E-state index in [9.17, 15) is 4.39 Å². The van der Waals surface area contributed by atoms with Gasteiger partial charge in [0.05, 0.1) is 6.61 Å². The molecule has 0 bridgehead atoms. The molecule has 1 heterocycles. The minimum Gasteiger partial charge on any atom is -0.344 e. The Bertz CT molecular complexity index is 430. The third kappa shape index (κ3) is 2.87. The van der Waals surface area contributed by atoms with Crippen LogP contribution in [0.2, 0.25) is 0 Å². The molecule has 4 heteroatoms. The normalized spacial score (nSPS) is 27.4. The molecule has 0 radical (unpaired) electrons. The van der Waals surface area contributed by atoms with Crippen molar-refractivity contribution in [2.75, 3.05) is 6.61 Å². The van der Waals surface area contributed by atoms with Crippen LogP contribution in [0.1, 0.15) is 50.5 Å². The van der Waals surface area contributed by atoms with Gasteiger partial charge < -0.3 is 4.74 Å². The molecule has 1 aromatic carbocycles. The highest BCUT2D eigenvalue weighted by molar-refractivity contribution is 5.21. The summed E-state index contributed by atoms with van der Waals surface area (Å²) in [5.74, 6) is -0.632. The van der Waals surface area contributed by atoms with Crippen molar-refractivity contribution in [2.45, 2.75) is 56.8 Å². The Kier molecular flexibility index (Phi) is 4.06. The van der Waals surface area contributed by atoms with Crippen LogP contribution in [0.25, 0.3) is 0 Å². The van der Waals surface area contributed by atoms with Gasteiger partial charge in [0.25, 0.3) is 0 Å². The van der Waals surface area contributed by atoms with E-state index >= 15 is 0 Å². The van der Waals surface area contributed by atoms with Gasteiger partial charge in [0, 0.05) is 18.8 Å². The van der Waals surface area contributed by atoms with Crippen LogP contribution in [-0.4, -0.2) is 18.5 Å². The van der Waals surface area contributed by atoms with Crippen molar-refractivity contribution in [3.05, 3.63) is 35.6 Å². The second kappa shape index (κ2) is 5.80. The summed E-state index contributed by atoms with van der Waals surface area (Å²) < 4.78 is 18.9. The lowest BCUT2D eigenvalue weighted by Crippen LogP contribution is -2.47. The fourth-order valence-electron chi connectivity index (χ4n) is 2.96. The highest BCUT2D eigenvalue weighted by Gasteiger charge is 2.41. The second-order valence-electron chi connectivity index (χ2n) is 5.84. The highest BCUT2D eigenvalue weighted by atomic mass is 19.1. The van der Waals surface area contributed by atoms with Gasteiger partial charge in [-0.05, 0) is 30.5 Å². The summed E-state index contributed by atoms with van der Waals surface area (Å²) in [4.78, 5) is 11.2. The quantitative estimate of drug-likeness (QED) is 0.768. The molecule has 1 saturated carbocycles. The first kappa shape index (κ1) is 14.0. The first-order valence-corrected chi connectivity index (χ1v) is 7.42. The number of hydrogen-bond donors (Lipinski definition) is 0. The van der Waals surface area contributed by atoms with Gasteiger partial charge in [0.15, 0.2) is 0 Å². The summed E-state index contributed by atoms with van der Waals surface area (Å²) in [6, 6.07) is 6.51. The molecule has 2 fully saturated rings. The average molecular weight is 280 g/mol. The van der Waals surface area contributed by atoms with Crippen molar-refractivity contribution < 1.29 is 18.9 Å². The van der Waals surface area contributed by atoms with Gasteiger partial charge in [-0.2, -0.15) is 0 Å². The van der Waals surface area contributed by atoms with E-state index in [0.29, 0.717) is 6.61 Å². The van der Waals surface area contributed by atoms with Gasteiger partial charge in [0.1, 0.15) is 11.9 Å². The fourth-order valence-corrected chi connectivity index (χ4v) is 2.96. The molecule has 1 aromatic rings. The predicted molar refractivity (Wildman–Crippen MR) is 72.5 cm³/mol. The Morgan fingerprint density at radius 1 is 1.15 bits per heavy atom. The Hall–Kier alpha value is -0.970. The Balaban J connectivity index is 1.61. The van der Waals surface area contributed by atoms with Crippen LogP contribution in [0.4, 0.5) is 4.39 Å². The molecule has 0 aromatic heterocycles. The van der Waals surface area contributed by atoms with Crippen molar-refractivity contribution in [3.8, 4) is 0 Å². The topological polar surface area (TPSA) is 27.7 Å². The minimum absolute atomic E-state index is 0.108. The molecule has 2 aliphatic rings. The van der Waals surface area contributed by atoms with Crippen LogP contribution < -0.4 is 0 Å². The lowest BCUT2D eigenvalue weighted by atomic mass is 9.92. The molecule has 3 rings (SSSR count). The summed E-state index contributed by atoms with van der Waals surface area (Å²) in [5.41, 5.74) is 1.03. The molecule has 1 aliphatic heterocycles. The van der Waals surface area contributed by atoms with Crippen LogP contribution in [0.5, 0.6) is 0 Å². The Labute approximate surface area is 119 Å². The molecule has 2 atom stereocenters. The monoisotopic (exact) mass is 280 g/mol.